The average molecular weight is 557 g/mol. The maximum atomic E-state index is 2.40. The molecule has 0 aromatic heterocycles. The van der Waals surface area contributed by atoms with Crippen LogP contribution in [0, 0.1) is 0 Å². The Morgan fingerprint density at radius 1 is 0.227 bits per heavy atom. The summed E-state index contributed by atoms with van der Waals surface area (Å²) in [5.41, 5.74) is 7.56. The highest BCUT2D eigenvalue weighted by Crippen LogP contribution is 2.46. The lowest BCUT2D eigenvalue weighted by Crippen LogP contribution is -1.92. The van der Waals surface area contributed by atoms with E-state index in [1.54, 1.807) is 0 Å². The minimum Gasteiger partial charge on any atom is -0.0622 e. The first-order valence-electron chi connectivity index (χ1n) is 15.3. The van der Waals surface area contributed by atoms with Gasteiger partial charge in [-0.2, -0.15) is 0 Å². The third kappa shape index (κ3) is 3.85. The molecular weight excluding hydrogens is 528 g/mol. The molecule has 9 aromatic rings. The molecule has 0 aliphatic rings. The van der Waals surface area contributed by atoms with Gasteiger partial charge in [-0.3, -0.25) is 0 Å². The van der Waals surface area contributed by atoms with Crippen molar-refractivity contribution in [3.8, 4) is 33.4 Å². The van der Waals surface area contributed by atoms with Crippen molar-refractivity contribution >= 4 is 53.9 Å². The molecule has 0 aliphatic heterocycles. The van der Waals surface area contributed by atoms with Gasteiger partial charge in [-0.15, -0.1) is 0 Å². The van der Waals surface area contributed by atoms with Crippen molar-refractivity contribution in [2.24, 2.45) is 0 Å². The Hall–Kier alpha value is -5.72. The van der Waals surface area contributed by atoms with E-state index in [0.29, 0.717) is 0 Å². The summed E-state index contributed by atoms with van der Waals surface area (Å²) in [6.07, 6.45) is 0. The zero-order valence-corrected chi connectivity index (χ0v) is 24.2. The highest BCUT2D eigenvalue weighted by atomic mass is 14.2. The summed E-state index contributed by atoms with van der Waals surface area (Å²) >= 11 is 0. The van der Waals surface area contributed by atoms with Crippen LogP contribution in [0.4, 0.5) is 0 Å². The molecule has 0 fully saturated rings. The minimum absolute atomic E-state index is 1.23. The maximum Gasteiger partial charge on any atom is -0.00199 e. The molecule has 0 atom stereocenters. The SMILES string of the molecule is c1ccc(-c2cc(-c3c4ccccc4c(-c4ccc5c(ccc6ccccc65)c4)c4ccccc34)c3ccccc3c2)cc1. The summed E-state index contributed by atoms with van der Waals surface area (Å²) < 4.78 is 0. The highest BCUT2D eigenvalue weighted by molar-refractivity contribution is 6.24. The first-order valence-corrected chi connectivity index (χ1v) is 15.3. The zero-order chi connectivity index (χ0) is 29.0. The van der Waals surface area contributed by atoms with Gasteiger partial charge in [0.2, 0.25) is 0 Å². The van der Waals surface area contributed by atoms with Crippen LogP contribution >= 0.6 is 0 Å². The van der Waals surface area contributed by atoms with Gasteiger partial charge in [0.05, 0.1) is 0 Å². The smallest absolute Gasteiger partial charge is 0.00199 e. The van der Waals surface area contributed by atoms with E-state index >= 15 is 0 Å². The van der Waals surface area contributed by atoms with Crippen molar-refractivity contribution in [1.82, 2.24) is 0 Å². The molecule has 0 spiro atoms. The summed E-state index contributed by atoms with van der Waals surface area (Å²) in [6, 6.07) is 62.4. The summed E-state index contributed by atoms with van der Waals surface area (Å²) in [5, 5.41) is 12.7. The van der Waals surface area contributed by atoms with Crippen molar-refractivity contribution in [2.75, 3.05) is 0 Å². The molecule has 0 unspecified atom stereocenters. The third-order valence-electron chi connectivity index (χ3n) is 9.20. The van der Waals surface area contributed by atoms with Crippen molar-refractivity contribution in [2.45, 2.75) is 0 Å². The maximum absolute atomic E-state index is 2.40. The molecule has 0 amide bonds. The topological polar surface area (TPSA) is 0 Å². The van der Waals surface area contributed by atoms with E-state index in [9.17, 15) is 0 Å². The van der Waals surface area contributed by atoms with Crippen molar-refractivity contribution in [3.63, 3.8) is 0 Å². The second-order valence-corrected chi connectivity index (χ2v) is 11.7. The fraction of sp³-hybridized carbons (Fsp3) is 0. The van der Waals surface area contributed by atoms with E-state index in [1.165, 1.54) is 87.2 Å². The van der Waals surface area contributed by atoms with Crippen LogP contribution in [0.15, 0.2) is 170 Å². The predicted molar refractivity (Wildman–Crippen MR) is 190 cm³/mol. The summed E-state index contributed by atoms with van der Waals surface area (Å²) in [6.45, 7) is 0. The average Bonchev–Trinajstić information content (AvgIpc) is 3.10. The van der Waals surface area contributed by atoms with Crippen LogP contribution in [0.3, 0.4) is 0 Å². The molecule has 9 rings (SSSR count). The van der Waals surface area contributed by atoms with Crippen LogP contribution in [0.25, 0.3) is 87.2 Å². The van der Waals surface area contributed by atoms with E-state index in [1.807, 2.05) is 0 Å². The van der Waals surface area contributed by atoms with Crippen LogP contribution in [-0.2, 0) is 0 Å². The van der Waals surface area contributed by atoms with Crippen molar-refractivity contribution in [1.29, 1.82) is 0 Å². The lowest BCUT2D eigenvalue weighted by atomic mass is 9.83. The number of benzene rings is 9. The van der Waals surface area contributed by atoms with Crippen LogP contribution < -0.4 is 0 Å². The molecule has 204 valence electrons. The van der Waals surface area contributed by atoms with Crippen LogP contribution in [0.5, 0.6) is 0 Å². The Morgan fingerprint density at radius 3 is 1.41 bits per heavy atom. The Labute approximate surface area is 256 Å². The van der Waals surface area contributed by atoms with E-state index in [4.69, 9.17) is 0 Å². The molecular formula is C44H28. The van der Waals surface area contributed by atoms with Crippen molar-refractivity contribution < 1.29 is 0 Å². The molecule has 0 saturated carbocycles. The summed E-state index contributed by atoms with van der Waals surface area (Å²) in [7, 11) is 0. The third-order valence-corrected chi connectivity index (χ3v) is 9.20. The van der Waals surface area contributed by atoms with Crippen LogP contribution in [0.2, 0.25) is 0 Å². The van der Waals surface area contributed by atoms with Crippen molar-refractivity contribution in [3.05, 3.63) is 170 Å². The molecule has 0 bridgehead atoms. The molecule has 9 aromatic carbocycles. The number of rotatable bonds is 3. The zero-order valence-electron chi connectivity index (χ0n) is 24.2. The van der Waals surface area contributed by atoms with E-state index < -0.39 is 0 Å². The first-order chi connectivity index (χ1) is 21.8. The monoisotopic (exact) mass is 556 g/mol. The largest absolute Gasteiger partial charge is 0.0622 e. The molecule has 0 radical (unpaired) electrons. The number of fused-ring (bicyclic) bond motifs is 6. The highest BCUT2D eigenvalue weighted by Gasteiger charge is 2.19. The molecule has 0 N–H and O–H groups in total. The van der Waals surface area contributed by atoms with E-state index in [-0.39, 0.29) is 0 Å². The normalized spacial score (nSPS) is 11.6. The van der Waals surface area contributed by atoms with Gasteiger partial charge in [-0.05, 0) is 105 Å². The van der Waals surface area contributed by atoms with Crippen LogP contribution in [-0.4, -0.2) is 0 Å². The van der Waals surface area contributed by atoms with Gasteiger partial charge in [0.25, 0.3) is 0 Å². The van der Waals surface area contributed by atoms with E-state index in [2.05, 4.69) is 170 Å². The predicted octanol–water partition coefficient (Wildman–Crippen LogP) is 12.5. The fourth-order valence-corrected chi connectivity index (χ4v) is 7.21. The second-order valence-electron chi connectivity index (χ2n) is 11.7. The summed E-state index contributed by atoms with van der Waals surface area (Å²) in [5.74, 6) is 0. The minimum atomic E-state index is 1.23. The Balaban J connectivity index is 1.38. The van der Waals surface area contributed by atoms with Gasteiger partial charge in [0.15, 0.2) is 0 Å². The Morgan fingerprint density at radius 2 is 0.705 bits per heavy atom. The van der Waals surface area contributed by atoms with Gasteiger partial charge in [0, 0.05) is 0 Å². The van der Waals surface area contributed by atoms with Gasteiger partial charge >= 0.3 is 0 Å². The van der Waals surface area contributed by atoms with Gasteiger partial charge < -0.3 is 0 Å². The van der Waals surface area contributed by atoms with Gasteiger partial charge in [-0.25, -0.2) is 0 Å². The standard InChI is InChI=1S/C44H28/c1-2-12-29(13-3-1)34-27-31-15-5-7-17-36(31)42(28-34)44-40-20-10-8-18-38(40)43(39-19-9-11-21-41(39)44)33-24-25-37-32(26-33)23-22-30-14-4-6-16-35(30)37/h1-28H. The Kier molecular flexibility index (Phi) is 5.61. The Bertz CT molecular complexity index is 2480. The van der Waals surface area contributed by atoms with Crippen LogP contribution in [0.1, 0.15) is 0 Å². The molecule has 0 heteroatoms. The second kappa shape index (κ2) is 9.93. The van der Waals surface area contributed by atoms with E-state index in [0.717, 1.165) is 0 Å². The molecule has 0 aliphatic carbocycles. The quantitative estimate of drug-likeness (QED) is 0.150. The lowest BCUT2D eigenvalue weighted by molar-refractivity contribution is 1.63. The lowest BCUT2D eigenvalue weighted by Gasteiger charge is -2.20. The number of hydrogen-bond donors (Lipinski definition) is 0. The van der Waals surface area contributed by atoms with Gasteiger partial charge in [-0.1, -0.05) is 152 Å². The first kappa shape index (κ1) is 24.8. The molecule has 44 heavy (non-hydrogen) atoms. The molecule has 0 heterocycles. The molecule has 0 saturated heterocycles. The summed E-state index contributed by atoms with van der Waals surface area (Å²) in [4.78, 5) is 0. The van der Waals surface area contributed by atoms with Gasteiger partial charge in [0.1, 0.15) is 0 Å². The molecule has 0 nitrogen and oxygen atoms in total. The fourth-order valence-electron chi connectivity index (χ4n) is 7.21. The number of hydrogen-bond acceptors (Lipinski definition) is 0.